The van der Waals surface area contributed by atoms with Crippen molar-refractivity contribution in [2.45, 2.75) is 37.8 Å². The topological polar surface area (TPSA) is 32.3 Å². The van der Waals surface area contributed by atoms with E-state index >= 15 is 0 Å². The lowest BCUT2D eigenvalue weighted by Crippen LogP contribution is -2.37. The number of hydrogen-bond donors (Lipinski definition) is 2. The van der Waals surface area contributed by atoms with E-state index in [-0.39, 0.29) is 6.10 Å². The van der Waals surface area contributed by atoms with Crippen molar-refractivity contribution < 1.29 is 5.11 Å². The molecule has 0 heterocycles. The molecule has 0 aromatic heterocycles. The number of rotatable bonds is 1. The van der Waals surface area contributed by atoms with Crippen molar-refractivity contribution in [1.82, 2.24) is 5.32 Å². The molecule has 0 saturated carbocycles. The minimum atomic E-state index is -0.162. The van der Waals surface area contributed by atoms with Gasteiger partial charge >= 0.3 is 0 Å². The van der Waals surface area contributed by atoms with Gasteiger partial charge in [-0.2, -0.15) is 0 Å². The summed E-state index contributed by atoms with van der Waals surface area (Å²) in [7, 11) is 1.92. The smallest absolute Gasteiger partial charge is 0.0696 e. The molecule has 1 rings (SSSR count). The molecular weight excluding hydrogens is 138 g/mol. The molecule has 1 aliphatic carbocycles. The van der Waals surface area contributed by atoms with Gasteiger partial charge in [0.15, 0.2) is 0 Å². The molecular formula is C9H17NO. The number of aliphatic hydroxyl groups is 1. The first-order valence-corrected chi connectivity index (χ1v) is 4.35. The van der Waals surface area contributed by atoms with Gasteiger partial charge < -0.3 is 10.4 Å². The second kappa shape index (κ2) is 4.52. The van der Waals surface area contributed by atoms with Gasteiger partial charge in [0.05, 0.1) is 6.10 Å². The Balaban J connectivity index is 2.43. The highest BCUT2D eigenvalue weighted by molar-refractivity contribution is 4.89. The normalized spacial score (nSPS) is 32.9. The SMILES string of the molecule is CN[C@@H]1CCC=CCC[C@@H]1O. The largest absolute Gasteiger partial charge is 0.391 e. The minimum Gasteiger partial charge on any atom is -0.391 e. The first-order chi connectivity index (χ1) is 5.34. The third-order valence-corrected chi connectivity index (χ3v) is 2.28. The summed E-state index contributed by atoms with van der Waals surface area (Å²) in [5.74, 6) is 0. The van der Waals surface area contributed by atoms with Crippen LogP contribution in [0.5, 0.6) is 0 Å². The molecule has 2 atom stereocenters. The van der Waals surface area contributed by atoms with Gasteiger partial charge in [-0.15, -0.1) is 0 Å². The molecule has 0 radical (unpaired) electrons. The van der Waals surface area contributed by atoms with Crippen LogP contribution < -0.4 is 5.32 Å². The van der Waals surface area contributed by atoms with Gasteiger partial charge in [-0.3, -0.25) is 0 Å². The summed E-state index contributed by atoms with van der Waals surface area (Å²) < 4.78 is 0. The third kappa shape index (κ3) is 2.64. The third-order valence-electron chi connectivity index (χ3n) is 2.28. The summed E-state index contributed by atoms with van der Waals surface area (Å²) in [6, 6.07) is 0.292. The van der Waals surface area contributed by atoms with Crippen LogP contribution in [0.15, 0.2) is 12.2 Å². The Labute approximate surface area is 68.3 Å². The van der Waals surface area contributed by atoms with Gasteiger partial charge in [-0.25, -0.2) is 0 Å². The molecule has 0 amide bonds. The molecule has 2 heteroatoms. The van der Waals surface area contributed by atoms with E-state index in [2.05, 4.69) is 17.5 Å². The zero-order valence-electron chi connectivity index (χ0n) is 7.09. The summed E-state index contributed by atoms with van der Waals surface area (Å²) in [5.41, 5.74) is 0. The van der Waals surface area contributed by atoms with Crippen LogP contribution in [0.2, 0.25) is 0 Å². The maximum atomic E-state index is 9.58. The quantitative estimate of drug-likeness (QED) is 0.555. The van der Waals surface area contributed by atoms with E-state index in [9.17, 15) is 5.11 Å². The Bertz CT molecular complexity index is 134. The van der Waals surface area contributed by atoms with Crippen LogP contribution in [0, 0.1) is 0 Å². The number of allylic oxidation sites excluding steroid dienone is 2. The van der Waals surface area contributed by atoms with E-state index in [0.717, 1.165) is 25.7 Å². The minimum absolute atomic E-state index is 0.162. The van der Waals surface area contributed by atoms with E-state index in [0.29, 0.717) is 6.04 Å². The summed E-state index contributed by atoms with van der Waals surface area (Å²) >= 11 is 0. The molecule has 0 aromatic rings. The fourth-order valence-electron chi connectivity index (χ4n) is 1.51. The van der Waals surface area contributed by atoms with Crippen LogP contribution in [-0.4, -0.2) is 24.3 Å². The van der Waals surface area contributed by atoms with Crippen molar-refractivity contribution in [2.24, 2.45) is 0 Å². The average Bonchev–Trinajstić information content (AvgIpc) is 1.98. The van der Waals surface area contributed by atoms with Crippen LogP contribution in [0.4, 0.5) is 0 Å². The number of likely N-dealkylation sites (N-methyl/N-ethyl adjacent to an activating group) is 1. The van der Waals surface area contributed by atoms with Gasteiger partial charge in [0.2, 0.25) is 0 Å². The summed E-state index contributed by atoms with van der Waals surface area (Å²) in [4.78, 5) is 0. The molecule has 0 saturated heterocycles. The second-order valence-corrected chi connectivity index (χ2v) is 3.09. The predicted molar refractivity (Wildman–Crippen MR) is 46.5 cm³/mol. The zero-order chi connectivity index (χ0) is 8.10. The number of hydrogen-bond acceptors (Lipinski definition) is 2. The Morgan fingerprint density at radius 2 is 1.91 bits per heavy atom. The molecule has 0 fully saturated rings. The van der Waals surface area contributed by atoms with Crippen molar-refractivity contribution in [3.8, 4) is 0 Å². The molecule has 11 heavy (non-hydrogen) atoms. The highest BCUT2D eigenvalue weighted by Crippen LogP contribution is 2.12. The van der Waals surface area contributed by atoms with E-state index in [1.807, 2.05) is 7.05 Å². The van der Waals surface area contributed by atoms with Crippen molar-refractivity contribution in [3.05, 3.63) is 12.2 Å². The van der Waals surface area contributed by atoms with E-state index < -0.39 is 0 Å². The van der Waals surface area contributed by atoms with Gasteiger partial charge in [0.25, 0.3) is 0 Å². The van der Waals surface area contributed by atoms with Crippen molar-refractivity contribution >= 4 is 0 Å². The maximum Gasteiger partial charge on any atom is 0.0696 e. The number of nitrogens with one attached hydrogen (secondary N) is 1. The fourth-order valence-corrected chi connectivity index (χ4v) is 1.51. The molecule has 2 N–H and O–H groups in total. The molecule has 0 spiro atoms. The van der Waals surface area contributed by atoms with E-state index in [1.165, 1.54) is 0 Å². The fraction of sp³-hybridized carbons (Fsp3) is 0.778. The number of aliphatic hydroxyl groups excluding tert-OH is 1. The summed E-state index contributed by atoms with van der Waals surface area (Å²) in [6.07, 6.45) is 8.24. The molecule has 1 aliphatic rings. The second-order valence-electron chi connectivity index (χ2n) is 3.09. The monoisotopic (exact) mass is 155 g/mol. The molecule has 0 bridgehead atoms. The Morgan fingerprint density at radius 3 is 2.55 bits per heavy atom. The van der Waals surface area contributed by atoms with Crippen molar-refractivity contribution in [2.75, 3.05) is 7.05 Å². The lowest BCUT2D eigenvalue weighted by atomic mass is 9.98. The first-order valence-electron chi connectivity index (χ1n) is 4.35. The van der Waals surface area contributed by atoms with Crippen LogP contribution in [0.3, 0.4) is 0 Å². The van der Waals surface area contributed by atoms with Gasteiger partial charge in [-0.05, 0) is 32.7 Å². The summed E-state index contributed by atoms with van der Waals surface area (Å²) in [6.45, 7) is 0. The van der Waals surface area contributed by atoms with Crippen molar-refractivity contribution in [1.29, 1.82) is 0 Å². The molecule has 2 nitrogen and oxygen atoms in total. The van der Waals surface area contributed by atoms with Gasteiger partial charge in [0.1, 0.15) is 0 Å². The Hall–Kier alpha value is -0.340. The van der Waals surface area contributed by atoms with Crippen LogP contribution in [0.25, 0.3) is 0 Å². The first kappa shape index (κ1) is 8.75. The lowest BCUT2D eigenvalue weighted by molar-refractivity contribution is 0.117. The Morgan fingerprint density at radius 1 is 1.27 bits per heavy atom. The summed E-state index contributed by atoms with van der Waals surface area (Å²) in [5, 5.41) is 12.7. The van der Waals surface area contributed by atoms with Crippen LogP contribution in [-0.2, 0) is 0 Å². The molecule has 64 valence electrons. The van der Waals surface area contributed by atoms with Crippen LogP contribution >= 0.6 is 0 Å². The zero-order valence-corrected chi connectivity index (χ0v) is 7.09. The van der Waals surface area contributed by atoms with Gasteiger partial charge in [0, 0.05) is 6.04 Å². The molecule has 0 aromatic carbocycles. The lowest BCUT2D eigenvalue weighted by Gasteiger charge is -2.22. The van der Waals surface area contributed by atoms with Gasteiger partial charge in [-0.1, -0.05) is 12.2 Å². The highest BCUT2D eigenvalue weighted by atomic mass is 16.3. The molecule has 0 unspecified atom stereocenters. The Kier molecular flexibility index (Phi) is 3.60. The van der Waals surface area contributed by atoms with Crippen LogP contribution in [0.1, 0.15) is 25.7 Å². The highest BCUT2D eigenvalue weighted by Gasteiger charge is 2.16. The van der Waals surface area contributed by atoms with E-state index in [1.54, 1.807) is 0 Å². The maximum absolute atomic E-state index is 9.58. The van der Waals surface area contributed by atoms with Crippen molar-refractivity contribution in [3.63, 3.8) is 0 Å². The predicted octanol–water partition coefficient (Wildman–Crippen LogP) is 1.07. The van der Waals surface area contributed by atoms with E-state index in [4.69, 9.17) is 0 Å². The molecule has 0 aliphatic heterocycles. The standard InChI is InChI=1S/C9H17NO/c1-10-8-6-4-2-3-5-7-9(8)11/h2-3,8-11H,4-7H2,1H3/t8-,9+/m1/s1. The average molecular weight is 155 g/mol.